The van der Waals surface area contributed by atoms with Gasteiger partial charge in [0.2, 0.25) is 0 Å². The zero-order chi connectivity index (χ0) is 18.1. The molecule has 1 aliphatic rings. The lowest BCUT2D eigenvalue weighted by atomic mass is 9.98. The van der Waals surface area contributed by atoms with Crippen LogP contribution in [0, 0.1) is 0 Å². The van der Waals surface area contributed by atoms with Crippen molar-refractivity contribution in [3.05, 3.63) is 52.7 Å². The Balaban J connectivity index is 1.56. The minimum atomic E-state index is -0.0699. The minimum absolute atomic E-state index is 0.0699. The molecule has 0 aliphatic carbocycles. The average molecular weight is 370 g/mol. The molecule has 0 N–H and O–H groups in total. The van der Waals surface area contributed by atoms with Crippen LogP contribution in [0.1, 0.15) is 21.6 Å². The first kappa shape index (κ1) is 16.7. The Morgan fingerprint density at radius 2 is 2.00 bits per heavy atom. The first-order valence-electron chi connectivity index (χ1n) is 8.22. The number of hydrogen-bond donors (Lipinski definition) is 0. The molecule has 0 atom stereocenters. The van der Waals surface area contributed by atoms with Gasteiger partial charge in [0.05, 0.1) is 20.5 Å². The first-order valence-corrected chi connectivity index (χ1v) is 9.10. The number of aromatic nitrogens is 1. The van der Waals surface area contributed by atoms with Gasteiger partial charge in [0.1, 0.15) is 5.69 Å². The molecule has 0 spiro atoms. The summed E-state index contributed by atoms with van der Waals surface area (Å²) >= 11 is 1.41. The third-order valence-electron chi connectivity index (χ3n) is 4.46. The normalized spacial score (nSPS) is 13.4. The van der Waals surface area contributed by atoms with E-state index in [1.165, 1.54) is 16.9 Å². The van der Waals surface area contributed by atoms with Crippen LogP contribution in [-0.4, -0.2) is 36.6 Å². The maximum Gasteiger partial charge on any atom is 0.273 e. The highest BCUT2D eigenvalue weighted by Gasteiger charge is 2.25. The topological polar surface area (TPSA) is 64.8 Å². The fraction of sp³-hybridized carbons (Fsp3) is 0.263. The van der Waals surface area contributed by atoms with Crippen LogP contribution in [0.2, 0.25) is 0 Å². The lowest BCUT2D eigenvalue weighted by Gasteiger charge is -2.29. The van der Waals surface area contributed by atoms with Crippen molar-refractivity contribution in [2.45, 2.75) is 13.0 Å². The third-order valence-corrected chi connectivity index (χ3v) is 5.32. The van der Waals surface area contributed by atoms with Gasteiger partial charge in [0, 0.05) is 18.5 Å². The molecule has 0 bridgehead atoms. The highest BCUT2D eigenvalue weighted by atomic mass is 32.1. The molecule has 6 nitrogen and oxygen atoms in total. The zero-order valence-electron chi connectivity index (χ0n) is 14.5. The van der Waals surface area contributed by atoms with E-state index in [9.17, 15) is 4.79 Å². The van der Waals surface area contributed by atoms with E-state index in [0.717, 1.165) is 12.0 Å². The van der Waals surface area contributed by atoms with Crippen LogP contribution in [0.4, 0.5) is 0 Å². The van der Waals surface area contributed by atoms with Crippen molar-refractivity contribution in [3.8, 4) is 22.3 Å². The quantitative estimate of drug-likeness (QED) is 0.702. The second kappa shape index (κ2) is 6.84. The van der Waals surface area contributed by atoms with Gasteiger partial charge in [-0.1, -0.05) is 0 Å². The van der Waals surface area contributed by atoms with Crippen molar-refractivity contribution >= 4 is 17.2 Å². The standard InChI is InChI=1S/C19H18N2O4S/c1-23-16-8-12-5-6-21(10-13(12)9-17(16)24-2)19(22)14-11-26-18(20-14)15-4-3-7-25-15/h3-4,7-9,11H,5-6,10H2,1-2H3. The number of carbonyl (C=O) groups excluding carboxylic acids is 1. The van der Waals surface area contributed by atoms with E-state index in [1.54, 1.807) is 31.9 Å². The van der Waals surface area contributed by atoms with Gasteiger partial charge in [-0.25, -0.2) is 4.98 Å². The van der Waals surface area contributed by atoms with E-state index in [1.807, 2.05) is 23.1 Å². The predicted molar refractivity (Wildman–Crippen MR) is 97.8 cm³/mol. The van der Waals surface area contributed by atoms with Crippen LogP contribution < -0.4 is 9.47 Å². The van der Waals surface area contributed by atoms with Crippen LogP contribution in [0.5, 0.6) is 11.5 Å². The highest BCUT2D eigenvalue weighted by molar-refractivity contribution is 7.13. The lowest BCUT2D eigenvalue weighted by Crippen LogP contribution is -2.36. The van der Waals surface area contributed by atoms with Crippen molar-refractivity contribution in [3.63, 3.8) is 0 Å². The molecular weight excluding hydrogens is 352 g/mol. The van der Waals surface area contributed by atoms with E-state index in [4.69, 9.17) is 13.9 Å². The largest absolute Gasteiger partial charge is 0.493 e. The van der Waals surface area contributed by atoms with Gasteiger partial charge < -0.3 is 18.8 Å². The van der Waals surface area contributed by atoms with Crippen LogP contribution in [-0.2, 0) is 13.0 Å². The van der Waals surface area contributed by atoms with Gasteiger partial charge >= 0.3 is 0 Å². The fourth-order valence-corrected chi connectivity index (χ4v) is 3.86. The molecule has 0 fully saturated rings. The Morgan fingerprint density at radius 3 is 2.69 bits per heavy atom. The molecule has 0 saturated carbocycles. The number of furan rings is 1. The summed E-state index contributed by atoms with van der Waals surface area (Å²) < 4.78 is 16.1. The Labute approximate surface area is 155 Å². The number of carbonyl (C=O) groups is 1. The highest BCUT2D eigenvalue weighted by Crippen LogP contribution is 2.33. The molecule has 1 aromatic carbocycles. The molecular formula is C19H18N2O4S. The number of ether oxygens (including phenoxy) is 2. The SMILES string of the molecule is COc1cc2c(cc1OC)CN(C(=O)c1csc(-c3ccco3)n1)CC2. The van der Waals surface area contributed by atoms with E-state index >= 15 is 0 Å². The first-order chi connectivity index (χ1) is 12.7. The Morgan fingerprint density at radius 1 is 1.23 bits per heavy atom. The van der Waals surface area contributed by atoms with Gasteiger partial charge in [-0.3, -0.25) is 4.79 Å². The van der Waals surface area contributed by atoms with Gasteiger partial charge in [-0.05, 0) is 41.8 Å². The number of methoxy groups -OCH3 is 2. The van der Waals surface area contributed by atoms with Crippen molar-refractivity contribution in [1.29, 1.82) is 0 Å². The van der Waals surface area contributed by atoms with Crippen LogP contribution >= 0.6 is 11.3 Å². The molecule has 0 saturated heterocycles. The predicted octanol–water partition coefficient (Wildman–Crippen LogP) is 3.62. The van der Waals surface area contributed by atoms with Crippen molar-refractivity contribution in [1.82, 2.24) is 9.88 Å². The molecule has 0 unspecified atom stereocenters. The average Bonchev–Trinajstić information content (AvgIpc) is 3.37. The summed E-state index contributed by atoms with van der Waals surface area (Å²) in [4.78, 5) is 19.1. The van der Waals surface area contributed by atoms with E-state index in [-0.39, 0.29) is 5.91 Å². The summed E-state index contributed by atoms with van der Waals surface area (Å²) in [6, 6.07) is 7.59. The van der Waals surface area contributed by atoms with E-state index < -0.39 is 0 Å². The monoisotopic (exact) mass is 370 g/mol. The summed E-state index contributed by atoms with van der Waals surface area (Å²) in [5.41, 5.74) is 2.70. The molecule has 1 amide bonds. The minimum Gasteiger partial charge on any atom is -0.493 e. The van der Waals surface area contributed by atoms with Crippen molar-refractivity contribution in [2.24, 2.45) is 0 Å². The molecule has 0 radical (unpaired) electrons. The number of amides is 1. The Bertz CT molecular complexity index is 933. The number of nitrogens with zero attached hydrogens (tertiary/aromatic N) is 2. The fourth-order valence-electron chi connectivity index (χ4n) is 3.10. The molecule has 3 aromatic rings. The number of fused-ring (bicyclic) bond motifs is 1. The van der Waals surface area contributed by atoms with Gasteiger partial charge in [0.25, 0.3) is 5.91 Å². The molecule has 1 aliphatic heterocycles. The summed E-state index contributed by atoms with van der Waals surface area (Å²) in [6.45, 7) is 1.18. The van der Waals surface area contributed by atoms with Crippen LogP contribution in [0.25, 0.3) is 10.8 Å². The lowest BCUT2D eigenvalue weighted by molar-refractivity contribution is 0.0729. The number of hydrogen-bond acceptors (Lipinski definition) is 6. The van der Waals surface area contributed by atoms with Gasteiger partial charge in [-0.15, -0.1) is 11.3 Å². The van der Waals surface area contributed by atoms with Crippen LogP contribution in [0.3, 0.4) is 0 Å². The number of rotatable bonds is 4. The Kier molecular flexibility index (Phi) is 4.38. The second-order valence-electron chi connectivity index (χ2n) is 5.97. The zero-order valence-corrected chi connectivity index (χ0v) is 15.3. The summed E-state index contributed by atoms with van der Waals surface area (Å²) in [6.07, 6.45) is 2.37. The van der Waals surface area contributed by atoms with Crippen molar-refractivity contribution < 1.29 is 18.7 Å². The second-order valence-corrected chi connectivity index (χ2v) is 6.83. The summed E-state index contributed by atoms with van der Waals surface area (Å²) in [5, 5.41) is 2.49. The number of thiazole rings is 1. The van der Waals surface area contributed by atoms with E-state index in [0.29, 0.717) is 41.1 Å². The molecule has 4 rings (SSSR count). The molecule has 2 aromatic heterocycles. The smallest absolute Gasteiger partial charge is 0.273 e. The van der Waals surface area contributed by atoms with Gasteiger partial charge in [0.15, 0.2) is 22.3 Å². The third kappa shape index (κ3) is 2.94. The molecule has 3 heterocycles. The maximum atomic E-state index is 12.9. The van der Waals surface area contributed by atoms with E-state index in [2.05, 4.69) is 4.98 Å². The van der Waals surface area contributed by atoms with Crippen molar-refractivity contribution in [2.75, 3.05) is 20.8 Å². The molecule has 7 heteroatoms. The summed E-state index contributed by atoms with van der Waals surface area (Å²) in [7, 11) is 3.24. The summed E-state index contributed by atoms with van der Waals surface area (Å²) in [5.74, 6) is 2.00. The maximum absolute atomic E-state index is 12.9. The van der Waals surface area contributed by atoms with Gasteiger partial charge in [-0.2, -0.15) is 0 Å². The molecule has 134 valence electrons. The van der Waals surface area contributed by atoms with Crippen LogP contribution in [0.15, 0.2) is 40.3 Å². The molecule has 26 heavy (non-hydrogen) atoms. The Hall–Kier alpha value is -2.80. The number of benzene rings is 1.